The molecule has 1 aromatic carbocycles. The Balaban J connectivity index is 2.41. The summed E-state index contributed by atoms with van der Waals surface area (Å²) < 4.78 is 0. The highest BCUT2D eigenvalue weighted by Gasteiger charge is 2.40. The predicted molar refractivity (Wildman–Crippen MR) is 122 cm³/mol. The Bertz CT molecular complexity index is 841. The quantitative estimate of drug-likeness (QED) is 0.541. The average molecular weight is 435 g/mol. The molecule has 1 aliphatic rings. The molecule has 2 N–H and O–H groups in total. The van der Waals surface area contributed by atoms with Gasteiger partial charge in [-0.05, 0) is 53.4 Å². The van der Waals surface area contributed by atoms with Gasteiger partial charge in [0, 0.05) is 17.8 Å². The molecule has 2 rings (SSSR count). The lowest BCUT2D eigenvalue weighted by Crippen LogP contribution is -2.55. The molecule has 0 spiro atoms. The van der Waals surface area contributed by atoms with Crippen molar-refractivity contribution in [2.45, 2.75) is 72.8 Å². The van der Waals surface area contributed by atoms with Crippen LogP contribution in [0, 0.1) is 11.3 Å². The number of carboxylic acid groups (broad SMARTS) is 1. The Morgan fingerprint density at radius 1 is 1.27 bits per heavy atom. The number of aliphatic carboxylic acids is 1. The van der Waals surface area contributed by atoms with Crippen molar-refractivity contribution in [3.05, 3.63) is 46.1 Å². The van der Waals surface area contributed by atoms with Gasteiger partial charge in [-0.25, -0.2) is 4.79 Å². The van der Waals surface area contributed by atoms with Crippen molar-refractivity contribution < 1.29 is 14.7 Å². The Labute approximate surface area is 185 Å². The number of hydrogen-bond donors (Lipinski definition) is 2. The van der Waals surface area contributed by atoms with Crippen LogP contribution in [0.5, 0.6) is 0 Å². The van der Waals surface area contributed by atoms with E-state index >= 15 is 0 Å². The summed E-state index contributed by atoms with van der Waals surface area (Å²) in [4.78, 5) is 25.1. The van der Waals surface area contributed by atoms with Crippen molar-refractivity contribution in [3.8, 4) is 0 Å². The van der Waals surface area contributed by atoms with Crippen molar-refractivity contribution in [2.24, 2.45) is 11.3 Å². The number of nitrogens with zero attached hydrogens (tertiary/aromatic N) is 1. The normalized spacial score (nSPS) is 20.8. The zero-order valence-corrected chi connectivity index (χ0v) is 19.9. The van der Waals surface area contributed by atoms with Crippen LogP contribution in [-0.4, -0.2) is 28.6 Å². The molecule has 0 bridgehead atoms. The molecule has 0 saturated carbocycles. The number of carboxylic acids is 1. The van der Waals surface area contributed by atoms with E-state index in [1.807, 2.05) is 19.1 Å². The molecule has 30 heavy (non-hydrogen) atoms. The van der Waals surface area contributed by atoms with Gasteiger partial charge in [-0.1, -0.05) is 65.3 Å². The number of halogens is 1. The number of nitrogens with one attached hydrogen (secondary N) is 1. The predicted octanol–water partition coefficient (Wildman–Crippen LogP) is 6.13. The van der Waals surface area contributed by atoms with Gasteiger partial charge in [0.15, 0.2) is 0 Å². The molecule has 2 amide bonds. The molecule has 0 saturated heterocycles. The Kier molecular flexibility index (Phi) is 7.28. The summed E-state index contributed by atoms with van der Waals surface area (Å²) in [5.74, 6) is -0.449. The van der Waals surface area contributed by atoms with E-state index in [0.717, 1.165) is 23.1 Å². The molecule has 1 heterocycles. The second-order valence-electron chi connectivity index (χ2n) is 10.0. The van der Waals surface area contributed by atoms with Crippen molar-refractivity contribution >= 4 is 23.6 Å². The second-order valence-corrected chi connectivity index (χ2v) is 10.4. The van der Waals surface area contributed by atoms with E-state index in [1.165, 1.54) is 4.90 Å². The highest BCUT2D eigenvalue weighted by Crippen LogP contribution is 2.40. The summed E-state index contributed by atoms with van der Waals surface area (Å²) in [6.45, 7) is 15.1. The minimum atomic E-state index is -0.928. The molecule has 1 aliphatic heterocycles. The first-order valence-electron chi connectivity index (χ1n) is 10.6. The molecule has 2 atom stereocenters. The number of hydrogen-bond acceptors (Lipinski definition) is 2. The van der Waals surface area contributed by atoms with Gasteiger partial charge >= 0.3 is 12.0 Å². The second kappa shape index (κ2) is 9.01. The molecular weight excluding hydrogens is 400 g/mol. The number of urea groups is 1. The fourth-order valence-corrected chi connectivity index (χ4v) is 4.69. The van der Waals surface area contributed by atoms with Gasteiger partial charge in [0.05, 0.1) is 12.0 Å². The summed E-state index contributed by atoms with van der Waals surface area (Å²) in [7, 11) is 0. The molecule has 0 aromatic heterocycles. The van der Waals surface area contributed by atoms with Crippen molar-refractivity contribution in [2.75, 3.05) is 6.54 Å². The van der Waals surface area contributed by atoms with E-state index in [2.05, 4.69) is 52.9 Å². The lowest BCUT2D eigenvalue weighted by atomic mass is 9.77. The molecule has 0 fully saturated rings. The zero-order valence-electron chi connectivity index (χ0n) is 19.2. The van der Waals surface area contributed by atoms with Gasteiger partial charge in [0.25, 0.3) is 0 Å². The van der Waals surface area contributed by atoms with Crippen LogP contribution in [-0.2, 0) is 10.3 Å². The van der Waals surface area contributed by atoms with Gasteiger partial charge in [-0.15, -0.1) is 0 Å². The minimum Gasteiger partial charge on any atom is -0.481 e. The monoisotopic (exact) mass is 434 g/mol. The fraction of sp³-hybridized carbons (Fsp3) is 0.583. The van der Waals surface area contributed by atoms with Crippen LogP contribution in [0.1, 0.15) is 78.4 Å². The first kappa shape index (κ1) is 24.3. The van der Waals surface area contributed by atoms with Crippen LogP contribution in [0.3, 0.4) is 0 Å². The third-order valence-electron chi connectivity index (χ3n) is 5.71. The lowest BCUT2D eigenvalue weighted by Gasteiger charge is -2.42. The van der Waals surface area contributed by atoms with Crippen molar-refractivity contribution in [1.82, 2.24) is 10.2 Å². The molecular formula is C24H35ClN2O3. The highest BCUT2D eigenvalue weighted by molar-refractivity contribution is 6.31. The van der Waals surface area contributed by atoms with E-state index in [4.69, 9.17) is 16.7 Å². The Morgan fingerprint density at radius 2 is 1.90 bits per heavy atom. The molecule has 6 heteroatoms. The summed E-state index contributed by atoms with van der Waals surface area (Å²) in [5.41, 5.74) is 2.54. The number of benzene rings is 1. The Morgan fingerprint density at radius 3 is 2.40 bits per heavy atom. The molecule has 5 nitrogen and oxygen atoms in total. The Hall–Kier alpha value is -2.01. The van der Waals surface area contributed by atoms with E-state index in [0.29, 0.717) is 10.9 Å². The van der Waals surface area contributed by atoms with Crippen LogP contribution in [0.25, 0.3) is 0 Å². The van der Waals surface area contributed by atoms with Crippen molar-refractivity contribution in [3.63, 3.8) is 0 Å². The number of rotatable bonds is 7. The summed E-state index contributed by atoms with van der Waals surface area (Å²) in [6, 6.07) is 5.77. The van der Waals surface area contributed by atoms with Gasteiger partial charge in [-0.3, -0.25) is 4.79 Å². The number of amides is 2. The standard InChI is InChI=1S/C24H35ClN2O3/c1-15(2)19-14-27(11-10-21(28)29)22(30)26-24(19,7)17-8-9-18(20(25)12-17)16(3)13-23(4,5)6/h8-9,12,14-16H,10-11,13H2,1-7H3,(H,26,30)(H,28,29)/t16-,24-/m0/s1. The van der Waals surface area contributed by atoms with E-state index in [1.54, 1.807) is 6.20 Å². The summed E-state index contributed by atoms with van der Waals surface area (Å²) >= 11 is 6.70. The molecule has 166 valence electrons. The first-order valence-corrected chi connectivity index (χ1v) is 10.9. The maximum Gasteiger partial charge on any atom is 0.322 e. The maximum atomic E-state index is 12.7. The van der Waals surface area contributed by atoms with Crippen LogP contribution in [0.15, 0.2) is 30.0 Å². The molecule has 0 radical (unpaired) electrons. The third-order valence-corrected chi connectivity index (χ3v) is 6.03. The smallest absolute Gasteiger partial charge is 0.322 e. The minimum absolute atomic E-state index is 0.0990. The van der Waals surface area contributed by atoms with Gasteiger partial charge < -0.3 is 15.3 Å². The lowest BCUT2D eigenvalue weighted by molar-refractivity contribution is -0.137. The van der Waals surface area contributed by atoms with E-state index < -0.39 is 11.5 Å². The molecule has 0 unspecified atom stereocenters. The van der Waals surface area contributed by atoms with Crippen LogP contribution >= 0.6 is 11.6 Å². The highest BCUT2D eigenvalue weighted by atomic mass is 35.5. The van der Waals surface area contributed by atoms with Crippen LogP contribution in [0.2, 0.25) is 5.02 Å². The number of carbonyl (C=O) groups is 2. The number of carbonyl (C=O) groups excluding carboxylic acids is 1. The van der Waals surface area contributed by atoms with Crippen LogP contribution < -0.4 is 5.32 Å². The third kappa shape index (κ3) is 5.57. The van der Waals surface area contributed by atoms with Crippen LogP contribution in [0.4, 0.5) is 4.79 Å². The van der Waals surface area contributed by atoms with E-state index in [9.17, 15) is 9.59 Å². The summed E-state index contributed by atoms with van der Waals surface area (Å²) in [5, 5.41) is 12.8. The largest absolute Gasteiger partial charge is 0.481 e. The first-order chi connectivity index (χ1) is 13.7. The molecule has 1 aromatic rings. The van der Waals surface area contributed by atoms with Gasteiger partial charge in [0.2, 0.25) is 0 Å². The fourth-order valence-electron chi connectivity index (χ4n) is 4.33. The maximum absolute atomic E-state index is 12.7. The summed E-state index contributed by atoms with van der Waals surface area (Å²) in [6.07, 6.45) is 2.73. The van der Waals surface area contributed by atoms with Gasteiger partial charge in [-0.2, -0.15) is 0 Å². The van der Waals surface area contributed by atoms with Gasteiger partial charge in [0.1, 0.15) is 0 Å². The van der Waals surface area contributed by atoms with E-state index in [-0.39, 0.29) is 30.3 Å². The van der Waals surface area contributed by atoms with Crippen molar-refractivity contribution in [1.29, 1.82) is 0 Å². The topological polar surface area (TPSA) is 69.6 Å². The molecule has 0 aliphatic carbocycles. The zero-order chi connectivity index (χ0) is 22.9. The SMILES string of the molecule is CC(C)C1=CN(CCC(=O)O)C(=O)N[C@@]1(C)c1ccc([C@@H](C)CC(C)(C)C)c(Cl)c1. The average Bonchev–Trinajstić information content (AvgIpc) is 2.58.